The third-order valence-electron chi connectivity index (χ3n) is 3.27. The lowest BCUT2D eigenvalue weighted by Gasteiger charge is -2.20. The van der Waals surface area contributed by atoms with Crippen LogP contribution in [0.15, 0.2) is 0 Å². The molecule has 0 saturated heterocycles. The number of rotatable bonds is 3. The molecule has 0 aliphatic rings. The van der Waals surface area contributed by atoms with Crippen LogP contribution < -0.4 is 5.73 Å². The summed E-state index contributed by atoms with van der Waals surface area (Å²) in [4.78, 5) is 0. The summed E-state index contributed by atoms with van der Waals surface area (Å²) in [7, 11) is 1.89. The highest BCUT2D eigenvalue weighted by Crippen LogP contribution is 2.28. The summed E-state index contributed by atoms with van der Waals surface area (Å²) < 4.78 is 3.60. The zero-order valence-corrected chi connectivity index (χ0v) is 13.4. The van der Waals surface area contributed by atoms with Crippen LogP contribution in [0, 0.1) is 0 Å². The van der Waals surface area contributed by atoms with Crippen LogP contribution >= 0.6 is 11.6 Å². The van der Waals surface area contributed by atoms with E-state index >= 15 is 0 Å². The van der Waals surface area contributed by atoms with Gasteiger partial charge in [0, 0.05) is 12.5 Å². The average Bonchev–Trinajstić information content (AvgIpc) is 2.83. The van der Waals surface area contributed by atoms with Crippen LogP contribution in [0.5, 0.6) is 0 Å². The number of hydrogen-bond donors (Lipinski definition) is 1. The minimum absolute atomic E-state index is 0.133. The van der Waals surface area contributed by atoms with Gasteiger partial charge in [-0.1, -0.05) is 44.5 Å². The highest BCUT2D eigenvalue weighted by molar-refractivity contribution is 6.31. The van der Waals surface area contributed by atoms with Crippen LogP contribution in [0.1, 0.15) is 44.8 Å². The predicted molar refractivity (Wildman–Crippen MR) is 79.8 cm³/mol. The van der Waals surface area contributed by atoms with Gasteiger partial charge in [0.15, 0.2) is 5.82 Å². The van der Waals surface area contributed by atoms with Gasteiger partial charge in [0.05, 0.1) is 28.6 Å². The molecule has 2 aromatic rings. The van der Waals surface area contributed by atoms with Crippen LogP contribution in [0.4, 0.5) is 5.82 Å². The van der Waals surface area contributed by atoms with Crippen molar-refractivity contribution in [2.24, 2.45) is 7.05 Å². The molecule has 0 saturated carbocycles. The molecule has 110 valence electrons. The number of anilines is 1. The van der Waals surface area contributed by atoms with E-state index in [1.807, 2.05) is 14.0 Å². The summed E-state index contributed by atoms with van der Waals surface area (Å²) in [5, 5.41) is 13.2. The Labute approximate surface area is 123 Å². The molecule has 0 atom stereocenters. The first kappa shape index (κ1) is 14.8. The van der Waals surface area contributed by atoms with Crippen molar-refractivity contribution in [3.63, 3.8) is 0 Å². The summed E-state index contributed by atoms with van der Waals surface area (Å²) >= 11 is 6.38. The zero-order chi connectivity index (χ0) is 15.1. The van der Waals surface area contributed by atoms with Gasteiger partial charge in [-0.05, 0) is 6.42 Å². The smallest absolute Gasteiger partial charge is 0.169 e. The summed E-state index contributed by atoms with van der Waals surface area (Å²) in [6.07, 6.45) is 0.804. The van der Waals surface area contributed by atoms with E-state index in [1.54, 1.807) is 9.36 Å². The van der Waals surface area contributed by atoms with Crippen molar-refractivity contribution in [2.75, 3.05) is 5.73 Å². The first-order valence-electron chi connectivity index (χ1n) is 6.65. The second-order valence-electron chi connectivity index (χ2n) is 5.92. The van der Waals surface area contributed by atoms with Crippen molar-refractivity contribution >= 4 is 17.4 Å². The molecule has 2 rings (SSSR count). The lowest BCUT2D eigenvalue weighted by atomic mass is 9.92. The standard InChI is InChI=1S/C13H21ClN6/c1-6-8-10(14)9(19(5)17-8)7-20-11(13(2,3)4)12(15)16-18-20/h6-7,15H2,1-5H3. The first-order valence-corrected chi connectivity index (χ1v) is 7.03. The molecule has 0 aliphatic heterocycles. The second kappa shape index (κ2) is 5.09. The van der Waals surface area contributed by atoms with E-state index in [0.29, 0.717) is 17.4 Å². The Bertz CT molecular complexity index is 620. The van der Waals surface area contributed by atoms with Crippen molar-refractivity contribution < 1.29 is 0 Å². The number of hydrogen-bond acceptors (Lipinski definition) is 4. The lowest BCUT2D eigenvalue weighted by molar-refractivity contribution is 0.492. The van der Waals surface area contributed by atoms with Crippen molar-refractivity contribution in [1.82, 2.24) is 24.8 Å². The summed E-state index contributed by atoms with van der Waals surface area (Å²) in [5.41, 5.74) is 8.53. The molecule has 7 heteroatoms. The van der Waals surface area contributed by atoms with Gasteiger partial charge >= 0.3 is 0 Å². The Morgan fingerprint density at radius 1 is 1.30 bits per heavy atom. The molecule has 0 radical (unpaired) electrons. The zero-order valence-electron chi connectivity index (χ0n) is 12.6. The van der Waals surface area contributed by atoms with Gasteiger partial charge < -0.3 is 5.73 Å². The van der Waals surface area contributed by atoms with Crippen LogP contribution in [0.25, 0.3) is 0 Å². The van der Waals surface area contributed by atoms with Gasteiger partial charge in [-0.2, -0.15) is 5.10 Å². The van der Waals surface area contributed by atoms with E-state index < -0.39 is 0 Å². The Hall–Kier alpha value is -1.56. The van der Waals surface area contributed by atoms with Crippen LogP contribution in [0.3, 0.4) is 0 Å². The van der Waals surface area contributed by atoms with E-state index in [0.717, 1.165) is 23.5 Å². The quantitative estimate of drug-likeness (QED) is 0.942. The van der Waals surface area contributed by atoms with Crippen LogP contribution in [0.2, 0.25) is 5.02 Å². The molecule has 0 amide bonds. The monoisotopic (exact) mass is 296 g/mol. The Morgan fingerprint density at radius 3 is 2.45 bits per heavy atom. The largest absolute Gasteiger partial charge is 0.381 e. The van der Waals surface area contributed by atoms with Gasteiger partial charge in [-0.25, -0.2) is 4.68 Å². The Kier molecular flexibility index (Phi) is 3.77. The Morgan fingerprint density at radius 2 is 1.95 bits per heavy atom. The highest BCUT2D eigenvalue weighted by Gasteiger charge is 2.25. The molecule has 6 nitrogen and oxygen atoms in total. The molecule has 0 unspecified atom stereocenters. The minimum Gasteiger partial charge on any atom is -0.381 e. The molecule has 2 aromatic heterocycles. The van der Waals surface area contributed by atoms with Gasteiger partial charge in [0.1, 0.15) is 0 Å². The second-order valence-corrected chi connectivity index (χ2v) is 6.29. The minimum atomic E-state index is -0.133. The number of nitrogens with two attached hydrogens (primary N) is 1. The van der Waals surface area contributed by atoms with Gasteiger partial charge in [0.25, 0.3) is 0 Å². The number of aromatic nitrogens is 5. The Balaban J connectivity index is 2.44. The maximum atomic E-state index is 6.38. The maximum Gasteiger partial charge on any atom is 0.169 e. The van der Waals surface area contributed by atoms with E-state index in [9.17, 15) is 0 Å². The summed E-state index contributed by atoms with van der Waals surface area (Å²) in [5.74, 6) is 0.464. The average molecular weight is 297 g/mol. The molecule has 2 heterocycles. The van der Waals surface area contributed by atoms with E-state index in [-0.39, 0.29) is 5.41 Å². The van der Waals surface area contributed by atoms with E-state index in [4.69, 9.17) is 17.3 Å². The molecule has 0 bridgehead atoms. The number of aryl methyl sites for hydroxylation is 2. The van der Waals surface area contributed by atoms with Crippen molar-refractivity contribution in [3.8, 4) is 0 Å². The first-order chi connectivity index (χ1) is 9.25. The van der Waals surface area contributed by atoms with Crippen molar-refractivity contribution in [2.45, 2.75) is 46.1 Å². The fraction of sp³-hybridized carbons (Fsp3) is 0.615. The highest BCUT2D eigenvalue weighted by atomic mass is 35.5. The lowest BCUT2D eigenvalue weighted by Crippen LogP contribution is -2.21. The normalized spacial score (nSPS) is 12.1. The number of halogens is 1. The van der Waals surface area contributed by atoms with Gasteiger partial charge in [-0.15, -0.1) is 5.10 Å². The molecule has 2 N–H and O–H groups in total. The SMILES string of the molecule is CCc1nn(C)c(Cn2nnc(N)c2C(C)(C)C)c1Cl. The molecule has 0 aliphatic carbocycles. The maximum absolute atomic E-state index is 6.38. The van der Waals surface area contributed by atoms with E-state index in [1.165, 1.54) is 0 Å². The van der Waals surface area contributed by atoms with E-state index in [2.05, 4.69) is 36.2 Å². The third kappa shape index (κ3) is 2.52. The summed E-state index contributed by atoms with van der Waals surface area (Å²) in [6.45, 7) is 8.80. The number of nitrogen functional groups attached to an aromatic ring is 1. The van der Waals surface area contributed by atoms with Gasteiger partial charge in [-0.3, -0.25) is 4.68 Å². The fourth-order valence-electron chi connectivity index (χ4n) is 2.34. The topological polar surface area (TPSA) is 74.5 Å². The predicted octanol–water partition coefficient (Wildman–Crippen LogP) is 2.16. The van der Waals surface area contributed by atoms with Gasteiger partial charge in [0.2, 0.25) is 0 Å². The number of nitrogens with zero attached hydrogens (tertiary/aromatic N) is 5. The molecule has 0 spiro atoms. The fourth-order valence-corrected chi connectivity index (χ4v) is 2.70. The van der Waals surface area contributed by atoms with Crippen molar-refractivity contribution in [1.29, 1.82) is 0 Å². The third-order valence-corrected chi connectivity index (χ3v) is 3.71. The molecule has 0 fully saturated rings. The molecular weight excluding hydrogens is 276 g/mol. The van der Waals surface area contributed by atoms with Crippen molar-refractivity contribution in [3.05, 3.63) is 22.1 Å². The molecule has 0 aromatic carbocycles. The molecular formula is C13H21ClN6. The van der Waals surface area contributed by atoms with Crippen LogP contribution in [-0.4, -0.2) is 24.8 Å². The van der Waals surface area contributed by atoms with Crippen LogP contribution in [-0.2, 0) is 25.4 Å². The molecule has 20 heavy (non-hydrogen) atoms. The summed E-state index contributed by atoms with van der Waals surface area (Å²) in [6, 6.07) is 0.